The van der Waals surface area contributed by atoms with Crippen LogP contribution in [0.5, 0.6) is 0 Å². The maximum Gasteiger partial charge on any atom is 0.472 e. The zero-order valence-corrected chi connectivity index (χ0v) is 37.1. The van der Waals surface area contributed by atoms with E-state index < -0.39 is 63.2 Å². The Morgan fingerprint density at radius 3 is 1.21 bits per heavy atom. The van der Waals surface area contributed by atoms with Gasteiger partial charge in [0.25, 0.3) is 0 Å². The number of amides is 1. The minimum absolute atomic E-state index is 0.242. The number of aliphatic hydroxyl groups excluding tert-OH is 6. The molecular formula is C44H88NO11P. The Bertz CT molecular complexity index is 978. The Morgan fingerprint density at radius 1 is 0.526 bits per heavy atom. The van der Waals surface area contributed by atoms with E-state index >= 15 is 0 Å². The lowest BCUT2D eigenvalue weighted by Gasteiger charge is -2.41. The highest BCUT2D eigenvalue weighted by molar-refractivity contribution is 7.47. The number of carbonyl (C=O) groups is 1. The zero-order chi connectivity index (χ0) is 42.2. The van der Waals surface area contributed by atoms with E-state index in [0.717, 1.165) is 38.5 Å². The minimum Gasteiger partial charge on any atom is -0.391 e. The van der Waals surface area contributed by atoms with E-state index in [1.807, 2.05) is 0 Å². The molecule has 6 unspecified atom stereocenters. The van der Waals surface area contributed by atoms with Crippen LogP contribution in [-0.4, -0.2) is 96.8 Å². The monoisotopic (exact) mass is 838 g/mol. The maximum absolute atomic E-state index is 13.0. The second-order valence-corrected chi connectivity index (χ2v) is 18.4. The molecule has 1 fully saturated rings. The van der Waals surface area contributed by atoms with Crippen LogP contribution in [0.3, 0.4) is 0 Å². The van der Waals surface area contributed by atoms with Crippen molar-refractivity contribution in [1.82, 2.24) is 5.32 Å². The van der Waals surface area contributed by atoms with Crippen molar-refractivity contribution in [3.05, 3.63) is 0 Å². The maximum atomic E-state index is 13.0. The summed E-state index contributed by atoms with van der Waals surface area (Å²) in [5.41, 5.74) is 0. The lowest BCUT2D eigenvalue weighted by Crippen LogP contribution is -2.64. The summed E-state index contributed by atoms with van der Waals surface area (Å²) in [7, 11) is -5.05. The van der Waals surface area contributed by atoms with Crippen LogP contribution in [0.25, 0.3) is 0 Å². The molecule has 13 heteroatoms. The van der Waals surface area contributed by atoms with E-state index in [-0.39, 0.29) is 12.3 Å². The molecule has 57 heavy (non-hydrogen) atoms. The van der Waals surface area contributed by atoms with Crippen LogP contribution in [0.2, 0.25) is 0 Å². The Morgan fingerprint density at radius 2 is 0.842 bits per heavy atom. The average molecular weight is 838 g/mol. The van der Waals surface area contributed by atoms with Gasteiger partial charge < -0.3 is 40.8 Å². The molecule has 0 aromatic heterocycles. The first kappa shape index (κ1) is 54.4. The fourth-order valence-corrected chi connectivity index (χ4v) is 8.76. The normalized spacial score (nSPS) is 23.3. The van der Waals surface area contributed by atoms with Crippen LogP contribution in [-0.2, 0) is 18.4 Å². The van der Waals surface area contributed by atoms with Crippen molar-refractivity contribution in [1.29, 1.82) is 0 Å². The topological polar surface area (TPSA) is 206 Å². The number of nitrogens with one attached hydrogen (secondary N) is 1. The number of phosphoric acid groups is 1. The fraction of sp³-hybridized carbons (Fsp3) is 0.977. The van der Waals surface area contributed by atoms with Crippen LogP contribution in [0, 0.1) is 0 Å². The largest absolute Gasteiger partial charge is 0.472 e. The molecule has 0 aliphatic heterocycles. The molecule has 0 spiro atoms. The lowest BCUT2D eigenvalue weighted by atomic mass is 9.85. The molecule has 1 aliphatic rings. The van der Waals surface area contributed by atoms with Gasteiger partial charge in [-0.3, -0.25) is 13.8 Å². The van der Waals surface area contributed by atoms with Crippen molar-refractivity contribution in [3.63, 3.8) is 0 Å². The predicted octanol–water partition coefficient (Wildman–Crippen LogP) is 8.68. The van der Waals surface area contributed by atoms with Crippen molar-refractivity contribution in [2.45, 2.75) is 268 Å². The lowest BCUT2D eigenvalue weighted by molar-refractivity contribution is -0.220. The number of aliphatic hydroxyl groups is 6. The summed E-state index contributed by atoms with van der Waals surface area (Å²) in [6.07, 6.45) is 24.2. The SMILES string of the molecule is CCCCCCCCCCCCCCCCCCCC(=O)N[C@@H](COP(=O)(O)OC1C(O)C(O)C(O)[C@@H](O)C1O)[C@H](O)CCCCCCCCCCCCCCC. The third-order valence-electron chi connectivity index (χ3n) is 11.7. The Hall–Kier alpha value is -0.660. The van der Waals surface area contributed by atoms with Crippen molar-refractivity contribution in [2.75, 3.05) is 6.61 Å². The molecule has 0 saturated heterocycles. The number of phosphoric ester groups is 1. The van der Waals surface area contributed by atoms with E-state index in [2.05, 4.69) is 19.2 Å². The van der Waals surface area contributed by atoms with Gasteiger partial charge in [-0.15, -0.1) is 0 Å². The average Bonchev–Trinajstić information content (AvgIpc) is 3.19. The van der Waals surface area contributed by atoms with Gasteiger partial charge >= 0.3 is 7.82 Å². The summed E-state index contributed by atoms with van der Waals surface area (Å²) >= 11 is 0. The first-order valence-electron chi connectivity index (χ1n) is 23.5. The van der Waals surface area contributed by atoms with Gasteiger partial charge in [0.1, 0.15) is 36.6 Å². The molecule has 0 radical (unpaired) electrons. The van der Waals surface area contributed by atoms with E-state index in [9.17, 15) is 44.9 Å². The Balaban J connectivity index is 2.44. The number of rotatable bonds is 39. The summed E-state index contributed by atoms with van der Waals surface area (Å²) in [6.45, 7) is 3.90. The van der Waals surface area contributed by atoms with Gasteiger partial charge in [0.05, 0.1) is 18.8 Å². The number of unbranched alkanes of at least 4 members (excludes halogenated alkanes) is 28. The van der Waals surface area contributed by atoms with Gasteiger partial charge in [-0.2, -0.15) is 0 Å². The van der Waals surface area contributed by atoms with Crippen LogP contribution in [0.1, 0.15) is 219 Å². The molecule has 1 rings (SSSR count). The molecule has 1 aliphatic carbocycles. The van der Waals surface area contributed by atoms with Gasteiger partial charge in [0.2, 0.25) is 5.91 Å². The summed E-state index contributed by atoms with van der Waals surface area (Å²) in [5, 5.41) is 64.1. The molecule has 0 aromatic rings. The summed E-state index contributed by atoms with van der Waals surface area (Å²) in [6, 6.07) is -1.02. The highest BCUT2D eigenvalue weighted by Gasteiger charge is 2.51. The van der Waals surface area contributed by atoms with Gasteiger partial charge in [-0.05, 0) is 12.8 Å². The molecule has 1 amide bonds. The van der Waals surface area contributed by atoms with Crippen molar-refractivity contribution in [2.24, 2.45) is 0 Å². The second kappa shape index (κ2) is 35.0. The molecule has 1 saturated carbocycles. The van der Waals surface area contributed by atoms with Gasteiger partial charge in [-0.25, -0.2) is 4.57 Å². The molecule has 0 aromatic carbocycles. The fourth-order valence-electron chi connectivity index (χ4n) is 7.79. The summed E-state index contributed by atoms with van der Waals surface area (Å²) in [5.74, 6) is -0.305. The quantitative estimate of drug-likeness (QED) is 0.0217. The van der Waals surface area contributed by atoms with Crippen LogP contribution >= 0.6 is 7.82 Å². The van der Waals surface area contributed by atoms with Crippen LogP contribution in [0.4, 0.5) is 0 Å². The molecule has 9 atom stereocenters. The van der Waals surface area contributed by atoms with Gasteiger partial charge in [-0.1, -0.05) is 200 Å². The molecular weight excluding hydrogens is 749 g/mol. The van der Waals surface area contributed by atoms with Crippen molar-refractivity contribution >= 4 is 13.7 Å². The van der Waals surface area contributed by atoms with Gasteiger partial charge in [0.15, 0.2) is 0 Å². The molecule has 8 N–H and O–H groups in total. The number of hydrogen-bond acceptors (Lipinski definition) is 10. The van der Waals surface area contributed by atoms with Crippen molar-refractivity contribution < 1.29 is 53.9 Å². The van der Waals surface area contributed by atoms with Gasteiger partial charge in [0, 0.05) is 6.42 Å². The first-order valence-corrected chi connectivity index (χ1v) is 25.0. The molecule has 340 valence electrons. The Labute approximate surface area is 346 Å². The standard InChI is InChI=1S/C44H88NO11P/c1-3-5-7-9-11-13-15-17-18-19-20-22-24-26-28-30-32-34-38(47)45-36(37(46)33-31-29-27-25-23-21-16-14-12-10-8-6-4-2)35-55-57(53,54)56-44-42(51)40(49)39(48)41(50)43(44)52/h36-37,39-44,46,48-52H,3-35H2,1-2H3,(H,45,47)(H,53,54)/t36-,37+,39?,40+,41?,42?,43?,44?/m0/s1. The highest BCUT2D eigenvalue weighted by Crippen LogP contribution is 2.47. The third kappa shape index (κ3) is 27.0. The minimum atomic E-state index is -5.05. The van der Waals surface area contributed by atoms with E-state index in [1.165, 1.54) is 141 Å². The molecule has 0 heterocycles. The summed E-state index contributed by atoms with van der Waals surface area (Å²) < 4.78 is 23.0. The second-order valence-electron chi connectivity index (χ2n) is 17.0. The molecule has 12 nitrogen and oxygen atoms in total. The van der Waals surface area contributed by atoms with Crippen LogP contribution < -0.4 is 5.32 Å². The highest BCUT2D eigenvalue weighted by atomic mass is 31.2. The van der Waals surface area contributed by atoms with Crippen LogP contribution in [0.15, 0.2) is 0 Å². The third-order valence-corrected chi connectivity index (χ3v) is 12.7. The molecule has 0 bridgehead atoms. The summed E-state index contributed by atoms with van der Waals surface area (Å²) in [4.78, 5) is 23.4. The van der Waals surface area contributed by atoms with E-state index in [0.29, 0.717) is 19.3 Å². The Kier molecular flexibility index (Phi) is 33.4. The zero-order valence-electron chi connectivity index (χ0n) is 36.2. The first-order chi connectivity index (χ1) is 27.4. The number of hydrogen-bond donors (Lipinski definition) is 8. The number of carbonyl (C=O) groups excluding carboxylic acids is 1. The van der Waals surface area contributed by atoms with E-state index in [1.54, 1.807) is 0 Å². The van der Waals surface area contributed by atoms with Crippen molar-refractivity contribution in [3.8, 4) is 0 Å². The predicted molar refractivity (Wildman–Crippen MR) is 228 cm³/mol. The van der Waals surface area contributed by atoms with E-state index in [4.69, 9.17) is 9.05 Å². The smallest absolute Gasteiger partial charge is 0.391 e.